The van der Waals surface area contributed by atoms with Crippen LogP contribution in [0, 0.1) is 5.92 Å². The van der Waals surface area contributed by atoms with Crippen molar-refractivity contribution >= 4 is 0 Å². The largest absolute Gasteiger partial charge is 0.310 e. The van der Waals surface area contributed by atoms with E-state index in [0.717, 1.165) is 12.5 Å². The molecule has 2 unspecified atom stereocenters. The Morgan fingerprint density at radius 3 is 2.36 bits per heavy atom. The van der Waals surface area contributed by atoms with Gasteiger partial charge < -0.3 is 5.32 Å². The van der Waals surface area contributed by atoms with Gasteiger partial charge in [0.15, 0.2) is 0 Å². The summed E-state index contributed by atoms with van der Waals surface area (Å²) < 4.78 is 0. The predicted molar refractivity (Wildman–Crippen MR) is 65.6 cm³/mol. The molecule has 0 aromatic heterocycles. The van der Waals surface area contributed by atoms with Gasteiger partial charge in [-0.1, -0.05) is 46.1 Å². The number of hydrogen-bond donors (Lipinski definition) is 1. The molecule has 84 valence electrons. The molecule has 0 rings (SSSR count). The van der Waals surface area contributed by atoms with Crippen LogP contribution in [0.25, 0.3) is 0 Å². The Kier molecular flexibility index (Phi) is 9.06. The van der Waals surface area contributed by atoms with E-state index < -0.39 is 0 Å². The van der Waals surface area contributed by atoms with Gasteiger partial charge >= 0.3 is 0 Å². The second-order valence-electron chi connectivity index (χ2n) is 4.03. The molecule has 0 fully saturated rings. The fraction of sp³-hybridized carbons (Fsp3) is 0.846. The minimum absolute atomic E-state index is 0.520. The highest BCUT2D eigenvalue weighted by Gasteiger charge is 2.14. The first kappa shape index (κ1) is 13.7. The summed E-state index contributed by atoms with van der Waals surface area (Å²) in [6.45, 7) is 11.8. The quantitative estimate of drug-likeness (QED) is 0.555. The third-order valence-corrected chi connectivity index (χ3v) is 2.84. The Hall–Kier alpha value is -0.300. The number of nitrogens with one attached hydrogen (secondary N) is 1. The Labute approximate surface area is 90.0 Å². The highest BCUT2D eigenvalue weighted by molar-refractivity contribution is 4.90. The van der Waals surface area contributed by atoms with Gasteiger partial charge in [0, 0.05) is 6.04 Å². The van der Waals surface area contributed by atoms with Crippen LogP contribution in [-0.2, 0) is 0 Å². The number of hydrogen-bond acceptors (Lipinski definition) is 1. The maximum absolute atomic E-state index is 3.93. The van der Waals surface area contributed by atoms with Crippen molar-refractivity contribution in [2.45, 2.75) is 58.9 Å². The minimum Gasteiger partial charge on any atom is -0.310 e. The first-order chi connectivity index (χ1) is 6.79. The van der Waals surface area contributed by atoms with Crippen molar-refractivity contribution in [3.8, 4) is 0 Å². The van der Waals surface area contributed by atoms with E-state index >= 15 is 0 Å². The molecule has 0 saturated heterocycles. The predicted octanol–water partition coefficient (Wildman–Crippen LogP) is 3.76. The van der Waals surface area contributed by atoms with Gasteiger partial charge in [-0.2, -0.15) is 0 Å². The molecule has 2 atom stereocenters. The van der Waals surface area contributed by atoms with Crippen molar-refractivity contribution < 1.29 is 0 Å². The van der Waals surface area contributed by atoms with Gasteiger partial charge in [0.05, 0.1) is 0 Å². The molecule has 0 aliphatic heterocycles. The van der Waals surface area contributed by atoms with Gasteiger partial charge in [0.1, 0.15) is 0 Å². The molecular formula is C13H27N. The van der Waals surface area contributed by atoms with Gasteiger partial charge in [-0.25, -0.2) is 0 Å². The summed E-state index contributed by atoms with van der Waals surface area (Å²) in [6.07, 6.45) is 8.52. The fourth-order valence-electron chi connectivity index (χ4n) is 1.86. The molecular weight excluding hydrogens is 170 g/mol. The van der Waals surface area contributed by atoms with E-state index in [1.807, 2.05) is 0 Å². The zero-order chi connectivity index (χ0) is 10.8. The standard InChI is InChI=1S/C13H27N/c1-5-9-10-12(7-3)13(8-4)14-11-6-2/h8,12-14H,4-7,9-11H2,1-3H3. The molecule has 0 saturated carbocycles. The smallest absolute Gasteiger partial charge is 0.0275 e. The maximum atomic E-state index is 3.93. The third kappa shape index (κ3) is 5.43. The Morgan fingerprint density at radius 2 is 1.93 bits per heavy atom. The van der Waals surface area contributed by atoms with Crippen LogP contribution in [0.4, 0.5) is 0 Å². The summed E-state index contributed by atoms with van der Waals surface area (Å²) in [4.78, 5) is 0. The van der Waals surface area contributed by atoms with Gasteiger partial charge in [-0.15, -0.1) is 6.58 Å². The van der Waals surface area contributed by atoms with E-state index in [2.05, 4.69) is 38.7 Å². The zero-order valence-corrected chi connectivity index (χ0v) is 10.2. The average Bonchev–Trinajstić information content (AvgIpc) is 2.23. The molecule has 0 aromatic carbocycles. The SMILES string of the molecule is C=CC(NCCC)C(CC)CCCC. The highest BCUT2D eigenvalue weighted by Crippen LogP contribution is 2.17. The second-order valence-corrected chi connectivity index (χ2v) is 4.03. The van der Waals surface area contributed by atoms with E-state index in [1.165, 1.54) is 32.1 Å². The molecule has 0 aliphatic carbocycles. The fourth-order valence-corrected chi connectivity index (χ4v) is 1.86. The zero-order valence-electron chi connectivity index (χ0n) is 10.2. The van der Waals surface area contributed by atoms with E-state index in [-0.39, 0.29) is 0 Å². The van der Waals surface area contributed by atoms with Crippen LogP contribution in [-0.4, -0.2) is 12.6 Å². The van der Waals surface area contributed by atoms with Crippen LogP contribution in [0.2, 0.25) is 0 Å². The van der Waals surface area contributed by atoms with Crippen molar-refractivity contribution in [1.82, 2.24) is 5.32 Å². The van der Waals surface area contributed by atoms with Crippen LogP contribution in [0.15, 0.2) is 12.7 Å². The van der Waals surface area contributed by atoms with Crippen molar-refractivity contribution in [1.29, 1.82) is 0 Å². The summed E-state index contributed by atoms with van der Waals surface area (Å²) in [5, 5.41) is 3.56. The summed E-state index contributed by atoms with van der Waals surface area (Å²) >= 11 is 0. The summed E-state index contributed by atoms with van der Waals surface area (Å²) in [5.41, 5.74) is 0. The van der Waals surface area contributed by atoms with Crippen molar-refractivity contribution in [2.75, 3.05) is 6.54 Å². The van der Waals surface area contributed by atoms with Crippen molar-refractivity contribution in [3.05, 3.63) is 12.7 Å². The normalized spacial score (nSPS) is 15.1. The molecule has 0 spiro atoms. The van der Waals surface area contributed by atoms with Gasteiger partial charge in [0.2, 0.25) is 0 Å². The van der Waals surface area contributed by atoms with Crippen LogP contribution >= 0.6 is 0 Å². The highest BCUT2D eigenvalue weighted by atomic mass is 14.9. The number of rotatable bonds is 9. The molecule has 0 heterocycles. The lowest BCUT2D eigenvalue weighted by atomic mass is 9.91. The lowest BCUT2D eigenvalue weighted by Gasteiger charge is -2.24. The van der Waals surface area contributed by atoms with E-state index in [1.54, 1.807) is 0 Å². The van der Waals surface area contributed by atoms with Crippen LogP contribution < -0.4 is 5.32 Å². The molecule has 1 nitrogen and oxygen atoms in total. The van der Waals surface area contributed by atoms with Crippen molar-refractivity contribution in [2.24, 2.45) is 5.92 Å². The van der Waals surface area contributed by atoms with E-state index in [0.29, 0.717) is 6.04 Å². The maximum Gasteiger partial charge on any atom is 0.0275 e. The minimum atomic E-state index is 0.520. The van der Waals surface area contributed by atoms with E-state index in [9.17, 15) is 0 Å². The van der Waals surface area contributed by atoms with Crippen LogP contribution in [0.1, 0.15) is 52.9 Å². The first-order valence-electron chi connectivity index (χ1n) is 6.15. The summed E-state index contributed by atoms with van der Waals surface area (Å²) in [6, 6.07) is 0.520. The molecule has 0 amide bonds. The molecule has 0 radical (unpaired) electrons. The van der Waals surface area contributed by atoms with Gasteiger partial charge in [0.25, 0.3) is 0 Å². The molecule has 0 aromatic rings. The number of unbranched alkanes of at least 4 members (excludes halogenated alkanes) is 1. The molecule has 14 heavy (non-hydrogen) atoms. The first-order valence-corrected chi connectivity index (χ1v) is 6.15. The topological polar surface area (TPSA) is 12.0 Å². The van der Waals surface area contributed by atoms with Crippen molar-refractivity contribution in [3.63, 3.8) is 0 Å². The Balaban J connectivity index is 3.93. The second kappa shape index (κ2) is 9.26. The molecule has 0 bridgehead atoms. The lowest BCUT2D eigenvalue weighted by molar-refractivity contribution is 0.362. The lowest BCUT2D eigenvalue weighted by Crippen LogP contribution is -2.34. The van der Waals surface area contributed by atoms with Crippen LogP contribution in [0.3, 0.4) is 0 Å². The third-order valence-electron chi connectivity index (χ3n) is 2.84. The molecule has 1 heteroatoms. The Bertz CT molecular complexity index is 131. The average molecular weight is 197 g/mol. The monoisotopic (exact) mass is 197 g/mol. The summed E-state index contributed by atoms with van der Waals surface area (Å²) in [7, 11) is 0. The molecule has 0 aliphatic rings. The van der Waals surface area contributed by atoms with Gasteiger partial charge in [-0.05, 0) is 25.3 Å². The molecule has 1 N–H and O–H groups in total. The van der Waals surface area contributed by atoms with Crippen LogP contribution in [0.5, 0.6) is 0 Å². The summed E-state index contributed by atoms with van der Waals surface area (Å²) in [5.74, 6) is 0.777. The van der Waals surface area contributed by atoms with E-state index in [4.69, 9.17) is 0 Å². The van der Waals surface area contributed by atoms with Gasteiger partial charge in [-0.3, -0.25) is 0 Å². The Morgan fingerprint density at radius 1 is 1.21 bits per heavy atom.